The number of aldehydes is 1. The van der Waals surface area contributed by atoms with Gasteiger partial charge in [-0.05, 0) is 31.9 Å². The first-order valence-corrected chi connectivity index (χ1v) is 5.53. The summed E-state index contributed by atoms with van der Waals surface area (Å²) in [5.41, 5.74) is 0. The number of hydrogen-bond donors (Lipinski definition) is 1. The van der Waals surface area contributed by atoms with Crippen molar-refractivity contribution in [3.05, 3.63) is 30.3 Å². The van der Waals surface area contributed by atoms with E-state index in [-0.39, 0.29) is 6.10 Å². The molecule has 0 aromatic heterocycles. The molecule has 1 aromatic rings. The number of carboxylic acids is 1. The summed E-state index contributed by atoms with van der Waals surface area (Å²) in [6, 6.07) is 9.31. The maximum absolute atomic E-state index is 10.6. The first-order valence-electron chi connectivity index (χ1n) is 5.53. The van der Waals surface area contributed by atoms with Gasteiger partial charge in [0.1, 0.15) is 18.0 Å². The van der Waals surface area contributed by atoms with Crippen molar-refractivity contribution in [2.75, 3.05) is 0 Å². The average Bonchev–Trinajstić information content (AvgIpc) is 2.30. The minimum atomic E-state index is -1.08. The van der Waals surface area contributed by atoms with Crippen LogP contribution in [0.3, 0.4) is 0 Å². The van der Waals surface area contributed by atoms with E-state index < -0.39 is 11.9 Å². The van der Waals surface area contributed by atoms with E-state index in [0.29, 0.717) is 19.1 Å². The first kappa shape index (κ1) is 13.2. The molecule has 0 fully saturated rings. The Labute approximate surface area is 100 Å². The Balaban J connectivity index is 2.37. The molecule has 2 unspecified atom stereocenters. The molecule has 0 aliphatic carbocycles. The number of aliphatic carboxylic acids is 1. The van der Waals surface area contributed by atoms with Gasteiger partial charge in [-0.2, -0.15) is 0 Å². The van der Waals surface area contributed by atoms with Crippen LogP contribution in [0.15, 0.2) is 30.3 Å². The summed E-state index contributed by atoms with van der Waals surface area (Å²) in [5, 5.41) is 8.70. The number of para-hydroxylation sites is 1. The van der Waals surface area contributed by atoms with E-state index in [0.717, 1.165) is 5.75 Å². The number of rotatable bonds is 7. The van der Waals surface area contributed by atoms with Crippen molar-refractivity contribution in [2.24, 2.45) is 5.92 Å². The lowest BCUT2D eigenvalue weighted by atomic mass is 10.0. The van der Waals surface area contributed by atoms with Crippen LogP contribution in [-0.4, -0.2) is 23.5 Å². The van der Waals surface area contributed by atoms with Crippen molar-refractivity contribution in [2.45, 2.75) is 25.9 Å². The van der Waals surface area contributed by atoms with Crippen LogP contribution in [-0.2, 0) is 9.59 Å². The fraction of sp³-hybridized carbons (Fsp3) is 0.385. The van der Waals surface area contributed by atoms with Crippen LogP contribution in [0.25, 0.3) is 0 Å². The van der Waals surface area contributed by atoms with Crippen LogP contribution in [0.1, 0.15) is 19.8 Å². The molecule has 0 bridgehead atoms. The van der Waals surface area contributed by atoms with E-state index in [2.05, 4.69) is 0 Å². The summed E-state index contributed by atoms with van der Waals surface area (Å²) in [7, 11) is 0. The van der Waals surface area contributed by atoms with E-state index in [4.69, 9.17) is 9.84 Å². The minimum absolute atomic E-state index is 0.112. The lowest BCUT2D eigenvalue weighted by molar-refractivity contribution is -0.143. The molecular formula is C13H16O4. The van der Waals surface area contributed by atoms with Crippen LogP contribution >= 0.6 is 0 Å². The summed E-state index contributed by atoms with van der Waals surface area (Å²) >= 11 is 0. The molecular weight excluding hydrogens is 220 g/mol. The van der Waals surface area contributed by atoms with E-state index in [9.17, 15) is 9.59 Å². The van der Waals surface area contributed by atoms with E-state index in [1.807, 2.05) is 37.3 Å². The second-order valence-corrected chi connectivity index (χ2v) is 3.90. The van der Waals surface area contributed by atoms with Crippen molar-refractivity contribution in [3.8, 4) is 5.75 Å². The second-order valence-electron chi connectivity index (χ2n) is 3.90. The third-order valence-electron chi connectivity index (χ3n) is 2.45. The third-order valence-corrected chi connectivity index (χ3v) is 2.45. The number of benzene rings is 1. The normalized spacial score (nSPS) is 13.7. The average molecular weight is 236 g/mol. The largest absolute Gasteiger partial charge is 0.491 e. The highest BCUT2D eigenvalue weighted by Gasteiger charge is 2.17. The van der Waals surface area contributed by atoms with Crippen molar-refractivity contribution in [1.82, 2.24) is 0 Å². The predicted molar refractivity (Wildman–Crippen MR) is 63.0 cm³/mol. The van der Waals surface area contributed by atoms with Gasteiger partial charge in [-0.3, -0.25) is 4.79 Å². The number of ether oxygens (including phenoxy) is 1. The molecule has 0 aliphatic rings. The quantitative estimate of drug-likeness (QED) is 0.582. The van der Waals surface area contributed by atoms with Gasteiger partial charge in [-0.25, -0.2) is 0 Å². The molecule has 0 saturated heterocycles. The van der Waals surface area contributed by atoms with Gasteiger partial charge in [0.05, 0.1) is 6.10 Å². The molecule has 0 radical (unpaired) electrons. The molecule has 92 valence electrons. The molecule has 2 atom stereocenters. The molecule has 0 aliphatic heterocycles. The summed E-state index contributed by atoms with van der Waals surface area (Å²) in [5.74, 6) is -1.26. The van der Waals surface area contributed by atoms with Crippen LogP contribution in [0, 0.1) is 5.92 Å². The Morgan fingerprint density at radius 2 is 2.00 bits per heavy atom. The number of carboxylic acid groups (broad SMARTS) is 1. The molecule has 0 amide bonds. The van der Waals surface area contributed by atoms with Crippen molar-refractivity contribution >= 4 is 12.3 Å². The van der Waals surface area contributed by atoms with Gasteiger partial charge in [0, 0.05) is 0 Å². The lowest BCUT2D eigenvalue weighted by Crippen LogP contribution is -2.19. The molecule has 1 rings (SSSR count). The van der Waals surface area contributed by atoms with Gasteiger partial charge in [-0.1, -0.05) is 18.2 Å². The SMILES string of the molecule is CC(CCC(C=O)C(=O)O)Oc1ccccc1. The van der Waals surface area contributed by atoms with E-state index in [1.54, 1.807) is 0 Å². The Morgan fingerprint density at radius 1 is 1.35 bits per heavy atom. The molecule has 1 N–H and O–H groups in total. The number of hydrogen-bond acceptors (Lipinski definition) is 3. The Hall–Kier alpha value is -1.84. The number of carbonyl (C=O) groups is 2. The summed E-state index contributed by atoms with van der Waals surface area (Å²) in [6.07, 6.45) is 1.19. The van der Waals surface area contributed by atoms with E-state index >= 15 is 0 Å². The zero-order valence-electron chi connectivity index (χ0n) is 9.70. The smallest absolute Gasteiger partial charge is 0.313 e. The molecule has 0 spiro atoms. The predicted octanol–water partition coefficient (Wildman–Crippen LogP) is 2.13. The zero-order chi connectivity index (χ0) is 12.7. The molecule has 17 heavy (non-hydrogen) atoms. The van der Waals surface area contributed by atoms with Crippen molar-refractivity contribution < 1.29 is 19.4 Å². The topological polar surface area (TPSA) is 63.6 Å². The van der Waals surface area contributed by atoms with Crippen molar-refractivity contribution in [1.29, 1.82) is 0 Å². The van der Waals surface area contributed by atoms with Gasteiger partial charge in [0.2, 0.25) is 0 Å². The standard InChI is InChI=1S/C13H16O4/c1-10(7-8-11(9-14)13(15)16)17-12-5-3-2-4-6-12/h2-6,9-11H,7-8H2,1H3,(H,15,16). The van der Waals surface area contributed by atoms with Crippen LogP contribution in [0.5, 0.6) is 5.75 Å². The molecule has 4 nitrogen and oxygen atoms in total. The van der Waals surface area contributed by atoms with Gasteiger partial charge >= 0.3 is 5.97 Å². The zero-order valence-corrected chi connectivity index (χ0v) is 9.70. The van der Waals surface area contributed by atoms with Crippen molar-refractivity contribution in [3.63, 3.8) is 0 Å². The van der Waals surface area contributed by atoms with Gasteiger partial charge in [-0.15, -0.1) is 0 Å². The lowest BCUT2D eigenvalue weighted by Gasteiger charge is -2.15. The highest BCUT2D eigenvalue weighted by molar-refractivity contribution is 5.86. The monoisotopic (exact) mass is 236 g/mol. The third kappa shape index (κ3) is 4.68. The summed E-state index contributed by atoms with van der Waals surface area (Å²) in [4.78, 5) is 21.1. The summed E-state index contributed by atoms with van der Waals surface area (Å²) < 4.78 is 5.58. The number of carbonyl (C=O) groups excluding carboxylic acids is 1. The van der Waals surface area contributed by atoms with Gasteiger partial charge in [0.25, 0.3) is 0 Å². The summed E-state index contributed by atoms with van der Waals surface area (Å²) in [6.45, 7) is 1.86. The maximum Gasteiger partial charge on any atom is 0.313 e. The Bertz CT molecular complexity index is 361. The minimum Gasteiger partial charge on any atom is -0.491 e. The van der Waals surface area contributed by atoms with Crippen LogP contribution < -0.4 is 4.74 Å². The molecule has 4 heteroatoms. The second kappa shape index (κ2) is 6.68. The Kier molecular flexibility index (Phi) is 5.20. The molecule has 0 heterocycles. The fourth-order valence-corrected chi connectivity index (χ4v) is 1.45. The van der Waals surface area contributed by atoms with E-state index in [1.165, 1.54) is 0 Å². The first-order chi connectivity index (χ1) is 8.13. The van der Waals surface area contributed by atoms with Gasteiger partial charge < -0.3 is 14.6 Å². The Morgan fingerprint density at radius 3 is 2.53 bits per heavy atom. The maximum atomic E-state index is 10.6. The van der Waals surface area contributed by atoms with Crippen LogP contribution in [0.2, 0.25) is 0 Å². The highest BCUT2D eigenvalue weighted by atomic mass is 16.5. The van der Waals surface area contributed by atoms with Gasteiger partial charge in [0.15, 0.2) is 0 Å². The highest BCUT2D eigenvalue weighted by Crippen LogP contribution is 2.15. The molecule has 0 saturated carbocycles. The fourth-order valence-electron chi connectivity index (χ4n) is 1.45. The van der Waals surface area contributed by atoms with Crippen LogP contribution in [0.4, 0.5) is 0 Å². The molecule has 1 aromatic carbocycles.